The Morgan fingerprint density at radius 2 is 1.78 bits per heavy atom. The average Bonchev–Trinajstić information content (AvgIpc) is 2.81. The molecular formula is C23H27N3O5S. The number of piperidine rings is 1. The van der Waals surface area contributed by atoms with Crippen LogP contribution in [0.2, 0.25) is 0 Å². The van der Waals surface area contributed by atoms with Crippen molar-refractivity contribution in [1.82, 2.24) is 9.62 Å². The fourth-order valence-corrected chi connectivity index (χ4v) is 5.06. The smallest absolute Gasteiger partial charge is 0.263 e. The highest BCUT2D eigenvalue weighted by molar-refractivity contribution is 7.88. The van der Waals surface area contributed by atoms with Gasteiger partial charge in [0, 0.05) is 19.6 Å². The second kappa shape index (κ2) is 9.30. The van der Waals surface area contributed by atoms with Crippen molar-refractivity contribution in [1.29, 1.82) is 0 Å². The topological polar surface area (TPSA) is 96.0 Å². The molecule has 32 heavy (non-hydrogen) atoms. The molecular weight excluding hydrogens is 430 g/mol. The number of nitrogens with one attached hydrogen (secondary N) is 1. The van der Waals surface area contributed by atoms with Gasteiger partial charge in [0.25, 0.3) is 5.91 Å². The minimum absolute atomic E-state index is 0.0752. The van der Waals surface area contributed by atoms with Crippen LogP contribution >= 0.6 is 0 Å². The van der Waals surface area contributed by atoms with E-state index >= 15 is 0 Å². The first kappa shape index (κ1) is 22.3. The molecule has 0 unspecified atom stereocenters. The number of carbonyl (C=O) groups is 2. The maximum Gasteiger partial charge on any atom is 0.263 e. The maximum atomic E-state index is 13.5. The Morgan fingerprint density at radius 1 is 1.06 bits per heavy atom. The normalized spacial score (nSPS) is 21.3. The largest absolute Gasteiger partial charge is 0.477 e. The molecule has 0 spiro atoms. The molecule has 1 N–H and O–H groups in total. The average molecular weight is 458 g/mol. The maximum absolute atomic E-state index is 13.5. The van der Waals surface area contributed by atoms with Gasteiger partial charge in [0.2, 0.25) is 15.9 Å². The molecule has 2 amide bonds. The summed E-state index contributed by atoms with van der Waals surface area (Å²) in [5.41, 5.74) is 1.56. The van der Waals surface area contributed by atoms with Crippen LogP contribution in [-0.2, 0) is 26.2 Å². The summed E-state index contributed by atoms with van der Waals surface area (Å²) in [6, 6.07) is 16.7. The van der Waals surface area contributed by atoms with Gasteiger partial charge in [0.05, 0.1) is 24.4 Å². The van der Waals surface area contributed by atoms with Gasteiger partial charge in [-0.2, -0.15) is 0 Å². The van der Waals surface area contributed by atoms with Crippen LogP contribution in [0.25, 0.3) is 0 Å². The van der Waals surface area contributed by atoms with E-state index in [0.717, 1.165) is 11.8 Å². The number of carbonyl (C=O) groups excluding carboxylic acids is 2. The van der Waals surface area contributed by atoms with Crippen molar-refractivity contribution >= 4 is 27.5 Å². The Bertz CT molecular complexity index is 1090. The van der Waals surface area contributed by atoms with Crippen LogP contribution in [0.4, 0.5) is 5.69 Å². The van der Waals surface area contributed by atoms with Gasteiger partial charge in [0.1, 0.15) is 5.75 Å². The number of para-hydroxylation sites is 2. The zero-order valence-corrected chi connectivity index (χ0v) is 18.8. The minimum atomic E-state index is -3.37. The van der Waals surface area contributed by atoms with E-state index in [4.69, 9.17) is 4.74 Å². The van der Waals surface area contributed by atoms with Gasteiger partial charge in [-0.1, -0.05) is 42.5 Å². The molecule has 1 saturated heterocycles. The number of ether oxygens (including phenoxy) is 1. The van der Waals surface area contributed by atoms with Crippen LogP contribution in [0.1, 0.15) is 18.4 Å². The predicted octanol–water partition coefficient (Wildman–Crippen LogP) is 1.77. The summed E-state index contributed by atoms with van der Waals surface area (Å²) in [5.74, 6) is -0.488. The van der Waals surface area contributed by atoms with Crippen molar-refractivity contribution < 1.29 is 22.7 Å². The molecule has 8 nitrogen and oxygen atoms in total. The Morgan fingerprint density at radius 3 is 2.53 bits per heavy atom. The molecule has 2 aliphatic heterocycles. The van der Waals surface area contributed by atoms with E-state index in [1.165, 1.54) is 4.31 Å². The molecule has 1 fully saturated rings. The standard InChI is InChI=1S/C23H27N3O5S/c1-32(29,30)25-13-7-10-18(15-25)23(28)26-16-21(31-20-12-6-5-11-19(20)26)22(27)24-14-17-8-3-2-4-9-17/h2-6,8-9,11-12,18,21H,7,10,13-16H2,1H3,(H,24,27)/t18-,21-/m0/s1. The van der Waals surface area contributed by atoms with Crippen LogP contribution in [0, 0.1) is 5.92 Å². The first-order valence-corrected chi connectivity index (χ1v) is 12.5. The second-order valence-corrected chi connectivity index (χ2v) is 10.2. The summed E-state index contributed by atoms with van der Waals surface area (Å²) < 4.78 is 31.2. The molecule has 2 aliphatic rings. The molecule has 0 aromatic heterocycles. The Labute approximate surface area is 188 Å². The fraction of sp³-hybridized carbons (Fsp3) is 0.391. The number of anilines is 1. The number of hydrogen-bond acceptors (Lipinski definition) is 5. The number of amides is 2. The SMILES string of the molecule is CS(=O)(=O)N1CCC[C@H](C(=O)N2C[C@@H](C(=O)NCc3ccccc3)Oc3ccccc32)C1. The van der Waals surface area contributed by atoms with E-state index in [-0.39, 0.29) is 24.9 Å². The van der Waals surface area contributed by atoms with Crippen molar-refractivity contribution in [3.8, 4) is 5.75 Å². The Hall–Kier alpha value is -2.91. The molecule has 4 rings (SSSR count). The number of rotatable bonds is 5. The highest BCUT2D eigenvalue weighted by Gasteiger charge is 2.38. The van der Waals surface area contributed by atoms with Crippen LogP contribution in [0.3, 0.4) is 0 Å². The lowest BCUT2D eigenvalue weighted by atomic mass is 9.97. The molecule has 0 radical (unpaired) electrons. The molecule has 2 aromatic rings. The van der Waals surface area contributed by atoms with Gasteiger partial charge in [-0.25, -0.2) is 12.7 Å². The third-order valence-electron chi connectivity index (χ3n) is 5.84. The van der Waals surface area contributed by atoms with E-state index in [1.54, 1.807) is 23.1 Å². The second-order valence-electron chi connectivity index (χ2n) is 8.19. The predicted molar refractivity (Wildman–Crippen MR) is 121 cm³/mol. The van der Waals surface area contributed by atoms with Gasteiger partial charge >= 0.3 is 0 Å². The van der Waals surface area contributed by atoms with Crippen LogP contribution in [0.15, 0.2) is 54.6 Å². The lowest BCUT2D eigenvalue weighted by molar-refractivity contribution is -0.129. The summed E-state index contributed by atoms with van der Waals surface area (Å²) in [6.45, 7) is 1.02. The number of nitrogens with zero attached hydrogens (tertiary/aromatic N) is 2. The monoisotopic (exact) mass is 457 g/mol. The molecule has 0 aliphatic carbocycles. The number of benzene rings is 2. The summed E-state index contributed by atoms with van der Waals surface area (Å²) in [7, 11) is -3.37. The zero-order chi connectivity index (χ0) is 22.7. The summed E-state index contributed by atoms with van der Waals surface area (Å²) >= 11 is 0. The quantitative estimate of drug-likeness (QED) is 0.738. The molecule has 0 saturated carbocycles. The van der Waals surface area contributed by atoms with Crippen molar-refractivity contribution in [2.24, 2.45) is 5.92 Å². The number of hydrogen-bond donors (Lipinski definition) is 1. The Kier molecular flexibility index (Phi) is 6.48. The highest BCUT2D eigenvalue weighted by Crippen LogP contribution is 2.35. The third-order valence-corrected chi connectivity index (χ3v) is 7.11. The lowest BCUT2D eigenvalue weighted by Crippen LogP contribution is -2.53. The summed E-state index contributed by atoms with van der Waals surface area (Å²) in [4.78, 5) is 27.9. The molecule has 0 bridgehead atoms. The third kappa shape index (κ3) is 4.94. The molecule has 170 valence electrons. The first-order chi connectivity index (χ1) is 15.3. The van der Waals surface area contributed by atoms with Crippen LogP contribution < -0.4 is 15.0 Å². The van der Waals surface area contributed by atoms with E-state index in [2.05, 4.69) is 5.32 Å². The first-order valence-electron chi connectivity index (χ1n) is 10.7. The summed E-state index contributed by atoms with van der Waals surface area (Å²) in [5, 5.41) is 2.88. The summed E-state index contributed by atoms with van der Waals surface area (Å²) in [6.07, 6.45) is 1.54. The zero-order valence-electron chi connectivity index (χ0n) is 17.9. The minimum Gasteiger partial charge on any atom is -0.477 e. The molecule has 9 heteroatoms. The van der Waals surface area contributed by atoms with Gasteiger partial charge < -0.3 is 15.0 Å². The Balaban J connectivity index is 1.51. The van der Waals surface area contributed by atoms with Crippen molar-refractivity contribution in [2.75, 3.05) is 30.8 Å². The molecule has 2 aromatic carbocycles. The number of sulfonamides is 1. The van der Waals surface area contributed by atoms with Crippen molar-refractivity contribution in [3.05, 3.63) is 60.2 Å². The lowest BCUT2D eigenvalue weighted by Gasteiger charge is -2.38. The van der Waals surface area contributed by atoms with Crippen LogP contribution in [-0.4, -0.2) is 56.5 Å². The van der Waals surface area contributed by atoms with Crippen molar-refractivity contribution in [3.63, 3.8) is 0 Å². The van der Waals surface area contributed by atoms with Gasteiger partial charge in [-0.3, -0.25) is 9.59 Å². The molecule has 2 heterocycles. The van der Waals surface area contributed by atoms with Gasteiger partial charge in [-0.15, -0.1) is 0 Å². The molecule has 2 atom stereocenters. The van der Waals surface area contributed by atoms with Crippen molar-refractivity contribution in [2.45, 2.75) is 25.5 Å². The van der Waals surface area contributed by atoms with E-state index in [0.29, 0.717) is 37.4 Å². The highest BCUT2D eigenvalue weighted by atomic mass is 32.2. The van der Waals surface area contributed by atoms with E-state index in [1.807, 2.05) is 36.4 Å². The van der Waals surface area contributed by atoms with Crippen LogP contribution in [0.5, 0.6) is 5.75 Å². The van der Waals surface area contributed by atoms with Gasteiger partial charge in [-0.05, 0) is 30.5 Å². The van der Waals surface area contributed by atoms with E-state index in [9.17, 15) is 18.0 Å². The fourth-order valence-electron chi connectivity index (χ4n) is 4.14. The number of fused-ring (bicyclic) bond motifs is 1. The van der Waals surface area contributed by atoms with E-state index < -0.39 is 22.0 Å². The van der Waals surface area contributed by atoms with Gasteiger partial charge in [0.15, 0.2) is 6.10 Å².